The molecule has 0 spiro atoms. The van der Waals surface area contributed by atoms with Gasteiger partial charge in [-0.05, 0) is 17.7 Å². The maximum Gasteiger partial charge on any atom is 0.244 e. The van der Waals surface area contributed by atoms with Crippen LogP contribution in [0.25, 0.3) is 0 Å². The second kappa shape index (κ2) is 9.33. The molecule has 2 aromatic rings. The van der Waals surface area contributed by atoms with E-state index in [9.17, 15) is 9.90 Å². The highest BCUT2D eigenvalue weighted by Gasteiger charge is 2.11. The highest BCUT2D eigenvalue weighted by atomic mass is 16.5. The number of methoxy groups -OCH3 is 4. The van der Waals surface area contributed by atoms with Crippen LogP contribution in [0.1, 0.15) is 11.1 Å². The van der Waals surface area contributed by atoms with Gasteiger partial charge in [0, 0.05) is 12.1 Å². The molecule has 0 unspecified atom stereocenters. The van der Waals surface area contributed by atoms with Gasteiger partial charge in [0.15, 0.2) is 11.5 Å². The van der Waals surface area contributed by atoms with Crippen molar-refractivity contribution in [2.45, 2.75) is 6.42 Å². The van der Waals surface area contributed by atoms with Gasteiger partial charge < -0.3 is 24.1 Å². The van der Waals surface area contributed by atoms with Gasteiger partial charge in [-0.2, -0.15) is 5.10 Å². The first-order chi connectivity index (χ1) is 13.0. The number of phenolic OH excluding ortho intramolecular Hbond substituents is 1. The Labute approximate surface area is 157 Å². The number of hydrazone groups is 1. The second-order valence-corrected chi connectivity index (χ2v) is 5.42. The molecule has 144 valence electrons. The number of carbonyl (C=O) groups excluding carboxylic acids is 1. The Morgan fingerprint density at radius 3 is 2.33 bits per heavy atom. The normalized spacial score (nSPS) is 10.5. The number of carbonyl (C=O) groups is 1. The van der Waals surface area contributed by atoms with Gasteiger partial charge in [0.25, 0.3) is 0 Å². The molecule has 0 radical (unpaired) electrons. The summed E-state index contributed by atoms with van der Waals surface area (Å²) in [6, 6.07) is 8.25. The molecule has 0 fully saturated rings. The number of nitrogens with zero attached hydrogens (tertiary/aromatic N) is 1. The lowest BCUT2D eigenvalue weighted by atomic mass is 10.1. The molecule has 0 atom stereocenters. The minimum atomic E-state index is -0.328. The predicted molar refractivity (Wildman–Crippen MR) is 100 cm³/mol. The summed E-state index contributed by atoms with van der Waals surface area (Å²) < 4.78 is 20.6. The van der Waals surface area contributed by atoms with E-state index in [0.29, 0.717) is 28.6 Å². The van der Waals surface area contributed by atoms with Crippen molar-refractivity contribution in [1.29, 1.82) is 0 Å². The van der Waals surface area contributed by atoms with Crippen LogP contribution in [0.4, 0.5) is 0 Å². The fourth-order valence-corrected chi connectivity index (χ4v) is 2.39. The fraction of sp³-hybridized carbons (Fsp3) is 0.263. The molecule has 0 saturated heterocycles. The average Bonchev–Trinajstić information content (AvgIpc) is 2.68. The summed E-state index contributed by atoms with van der Waals surface area (Å²) >= 11 is 0. The van der Waals surface area contributed by atoms with Crippen molar-refractivity contribution in [3.05, 3.63) is 41.5 Å². The first kappa shape index (κ1) is 19.9. The van der Waals surface area contributed by atoms with Crippen molar-refractivity contribution >= 4 is 12.1 Å². The predicted octanol–water partition coefficient (Wildman–Crippen LogP) is 2.12. The van der Waals surface area contributed by atoms with Gasteiger partial charge >= 0.3 is 0 Å². The summed E-state index contributed by atoms with van der Waals surface area (Å²) in [6.45, 7) is 0. The van der Waals surface area contributed by atoms with Crippen LogP contribution in [-0.4, -0.2) is 45.7 Å². The van der Waals surface area contributed by atoms with Crippen molar-refractivity contribution in [3.8, 4) is 28.7 Å². The third-order valence-electron chi connectivity index (χ3n) is 3.74. The summed E-state index contributed by atoms with van der Waals surface area (Å²) in [5.41, 5.74) is 3.48. The third kappa shape index (κ3) is 5.04. The van der Waals surface area contributed by atoms with Crippen LogP contribution < -0.4 is 24.4 Å². The molecule has 2 aromatic carbocycles. The average molecular weight is 374 g/mol. The first-order valence-electron chi connectivity index (χ1n) is 8.00. The van der Waals surface area contributed by atoms with E-state index in [4.69, 9.17) is 18.9 Å². The number of ether oxygens (including phenoxy) is 4. The minimum absolute atomic E-state index is 0.0795. The van der Waals surface area contributed by atoms with Gasteiger partial charge in [-0.15, -0.1) is 0 Å². The number of amides is 1. The zero-order valence-corrected chi connectivity index (χ0v) is 15.6. The molecule has 0 heterocycles. The number of rotatable bonds is 8. The van der Waals surface area contributed by atoms with Gasteiger partial charge in [-0.1, -0.05) is 6.07 Å². The fourth-order valence-electron chi connectivity index (χ4n) is 2.39. The number of hydrogen-bond acceptors (Lipinski definition) is 7. The van der Waals surface area contributed by atoms with Crippen LogP contribution in [0.3, 0.4) is 0 Å². The monoisotopic (exact) mass is 374 g/mol. The molecular weight excluding hydrogens is 352 g/mol. The lowest BCUT2D eigenvalue weighted by Crippen LogP contribution is -2.19. The quantitative estimate of drug-likeness (QED) is 0.542. The van der Waals surface area contributed by atoms with Gasteiger partial charge in [0.05, 0.1) is 46.6 Å². The van der Waals surface area contributed by atoms with Crippen molar-refractivity contribution in [1.82, 2.24) is 5.43 Å². The molecular formula is C19H22N2O6. The van der Waals surface area contributed by atoms with Crippen LogP contribution in [0.15, 0.2) is 35.4 Å². The van der Waals surface area contributed by atoms with Gasteiger partial charge in [0.2, 0.25) is 5.91 Å². The molecule has 0 saturated carbocycles. The summed E-state index contributed by atoms with van der Waals surface area (Å²) in [5.74, 6) is 1.53. The van der Waals surface area contributed by atoms with E-state index in [-0.39, 0.29) is 18.1 Å². The zero-order chi connectivity index (χ0) is 19.8. The Morgan fingerprint density at radius 1 is 1.00 bits per heavy atom. The summed E-state index contributed by atoms with van der Waals surface area (Å²) in [7, 11) is 6.01. The van der Waals surface area contributed by atoms with E-state index < -0.39 is 0 Å². The standard InChI is InChI=1S/C19H22N2O6/c1-24-13-9-15(22)14(17(10-13)26-3)11-20-21-19(23)8-12-5-6-16(25-2)18(7-12)27-4/h5-7,9-11,22H,8H2,1-4H3,(H,21,23)/b20-11+. The molecule has 2 N–H and O–H groups in total. The van der Waals surface area contributed by atoms with Crippen molar-refractivity contribution in [3.63, 3.8) is 0 Å². The smallest absolute Gasteiger partial charge is 0.244 e. The highest BCUT2D eigenvalue weighted by molar-refractivity contribution is 5.89. The Balaban J connectivity index is 2.05. The van der Waals surface area contributed by atoms with Crippen molar-refractivity contribution in [2.24, 2.45) is 5.10 Å². The SMILES string of the molecule is COc1cc(O)c(/C=N/NC(=O)Cc2ccc(OC)c(OC)c2)c(OC)c1. The number of benzene rings is 2. The Hall–Kier alpha value is -3.42. The van der Waals surface area contributed by atoms with E-state index in [1.54, 1.807) is 31.4 Å². The zero-order valence-electron chi connectivity index (χ0n) is 15.6. The first-order valence-corrected chi connectivity index (χ1v) is 8.00. The number of hydrogen-bond donors (Lipinski definition) is 2. The molecule has 0 aliphatic carbocycles. The highest BCUT2D eigenvalue weighted by Crippen LogP contribution is 2.31. The molecule has 8 nitrogen and oxygen atoms in total. The molecule has 8 heteroatoms. The molecule has 0 aliphatic heterocycles. The van der Waals surface area contributed by atoms with E-state index in [0.717, 1.165) is 5.56 Å². The summed E-state index contributed by atoms with van der Waals surface area (Å²) in [5, 5.41) is 13.9. The molecule has 0 aromatic heterocycles. The molecule has 1 amide bonds. The van der Waals surface area contributed by atoms with Crippen LogP contribution in [0.2, 0.25) is 0 Å². The van der Waals surface area contributed by atoms with E-state index >= 15 is 0 Å². The Bertz CT molecular complexity index is 835. The van der Waals surface area contributed by atoms with Gasteiger partial charge in [-0.3, -0.25) is 4.79 Å². The third-order valence-corrected chi connectivity index (χ3v) is 3.74. The largest absolute Gasteiger partial charge is 0.507 e. The lowest BCUT2D eigenvalue weighted by molar-refractivity contribution is -0.120. The minimum Gasteiger partial charge on any atom is -0.507 e. The Morgan fingerprint density at radius 2 is 1.70 bits per heavy atom. The summed E-state index contributed by atoms with van der Waals surface area (Å²) in [4.78, 5) is 12.1. The molecule has 0 aliphatic rings. The Kier molecular flexibility index (Phi) is 6.87. The topological polar surface area (TPSA) is 98.6 Å². The maximum absolute atomic E-state index is 12.1. The van der Waals surface area contributed by atoms with Gasteiger partial charge in [-0.25, -0.2) is 5.43 Å². The number of nitrogens with one attached hydrogen (secondary N) is 1. The maximum atomic E-state index is 12.1. The van der Waals surface area contributed by atoms with E-state index in [2.05, 4.69) is 10.5 Å². The number of aromatic hydroxyl groups is 1. The van der Waals surface area contributed by atoms with Crippen LogP contribution >= 0.6 is 0 Å². The summed E-state index contributed by atoms with van der Waals surface area (Å²) in [6.07, 6.45) is 1.41. The molecule has 27 heavy (non-hydrogen) atoms. The van der Waals surface area contributed by atoms with Crippen molar-refractivity contribution in [2.75, 3.05) is 28.4 Å². The second-order valence-electron chi connectivity index (χ2n) is 5.42. The van der Waals surface area contributed by atoms with Crippen LogP contribution in [0.5, 0.6) is 28.7 Å². The van der Waals surface area contributed by atoms with Crippen LogP contribution in [-0.2, 0) is 11.2 Å². The molecule has 0 bridgehead atoms. The number of phenols is 1. The van der Waals surface area contributed by atoms with Crippen molar-refractivity contribution < 1.29 is 28.8 Å². The van der Waals surface area contributed by atoms with Crippen LogP contribution in [0, 0.1) is 0 Å². The van der Waals surface area contributed by atoms with Gasteiger partial charge in [0.1, 0.15) is 17.2 Å². The van der Waals surface area contributed by atoms with E-state index in [1.165, 1.54) is 33.6 Å². The van der Waals surface area contributed by atoms with E-state index in [1.807, 2.05) is 0 Å². The molecule has 2 rings (SSSR count). The lowest BCUT2D eigenvalue weighted by Gasteiger charge is -2.10.